The average Bonchev–Trinajstić information content (AvgIpc) is 3.07. The van der Waals surface area contributed by atoms with E-state index in [1.165, 1.54) is 0 Å². The van der Waals surface area contributed by atoms with Crippen LogP contribution in [0.4, 0.5) is 0 Å². The molecule has 3 N–H and O–H groups in total. The summed E-state index contributed by atoms with van der Waals surface area (Å²) in [5.74, 6) is -2.74. The van der Waals surface area contributed by atoms with Crippen LogP contribution in [0.5, 0.6) is 0 Å². The molecule has 0 heterocycles. The fourth-order valence-electron chi connectivity index (χ4n) is 4.27. The SMILES string of the molecule is N[C@@H](CC(=O)O)[C@H](C(=O)OCC1c2ccccc2-c2ccccc21)c1ccccc1Cl. The zero-order valence-electron chi connectivity index (χ0n) is 16.7. The topological polar surface area (TPSA) is 89.6 Å². The van der Waals surface area contributed by atoms with Gasteiger partial charge in [0.1, 0.15) is 6.61 Å². The molecule has 1 aliphatic rings. The predicted octanol–water partition coefficient (Wildman–Crippen LogP) is 4.58. The third-order valence-corrected chi connectivity index (χ3v) is 6.03. The summed E-state index contributed by atoms with van der Waals surface area (Å²) in [4.78, 5) is 24.4. The van der Waals surface area contributed by atoms with Gasteiger partial charge in [-0.05, 0) is 33.9 Å². The minimum absolute atomic E-state index is 0.0982. The van der Waals surface area contributed by atoms with Gasteiger partial charge in [0.05, 0.1) is 12.3 Å². The Kier molecular flexibility index (Phi) is 6.07. The quantitative estimate of drug-likeness (QED) is 0.530. The molecule has 31 heavy (non-hydrogen) atoms. The lowest BCUT2D eigenvalue weighted by molar-refractivity contribution is -0.146. The molecule has 3 aromatic carbocycles. The van der Waals surface area contributed by atoms with E-state index >= 15 is 0 Å². The summed E-state index contributed by atoms with van der Waals surface area (Å²) in [6, 6.07) is 21.9. The molecule has 0 bridgehead atoms. The highest BCUT2D eigenvalue weighted by molar-refractivity contribution is 6.31. The number of ether oxygens (including phenoxy) is 1. The molecule has 0 spiro atoms. The minimum Gasteiger partial charge on any atom is -0.481 e. The second-order valence-corrected chi connectivity index (χ2v) is 8.03. The highest BCUT2D eigenvalue weighted by Crippen LogP contribution is 2.44. The third kappa shape index (κ3) is 4.20. The summed E-state index contributed by atoms with van der Waals surface area (Å²) in [5.41, 5.74) is 11.0. The van der Waals surface area contributed by atoms with Crippen molar-refractivity contribution in [2.75, 3.05) is 6.61 Å². The van der Waals surface area contributed by atoms with E-state index in [1.54, 1.807) is 24.3 Å². The number of carboxylic acid groups (broad SMARTS) is 1. The maximum absolute atomic E-state index is 13.1. The van der Waals surface area contributed by atoms with Crippen molar-refractivity contribution < 1.29 is 19.4 Å². The Hall–Kier alpha value is -3.15. The first-order valence-electron chi connectivity index (χ1n) is 10.0. The number of halogens is 1. The van der Waals surface area contributed by atoms with Crippen molar-refractivity contribution in [1.82, 2.24) is 0 Å². The number of carboxylic acids is 1. The number of carbonyl (C=O) groups is 2. The molecular formula is C25H22ClNO4. The molecular weight excluding hydrogens is 414 g/mol. The number of hydrogen-bond donors (Lipinski definition) is 2. The molecule has 0 unspecified atom stereocenters. The predicted molar refractivity (Wildman–Crippen MR) is 119 cm³/mol. The van der Waals surface area contributed by atoms with Crippen molar-refractivity contribution in [2.45, 2.75) is 24.3 Å². The third-order valence-electron chi connectivity index (χ3n) is 5.69. The van der Waals surface area contributed by atoms with E-state index in [0.717, 1.165) is 22.3 Å². The molecule has 2 atom stereocenters. The van der Waals surface area contributed by atoms with Crippen molar-refractivity contribution in [3.63, 3.8) is 0 Å². The molecule has 0 saturated heterocycles. The second kappa shape index (κ2) is 8.92. The molecule has 158 valence electrons. The molecule has 0 saturated carbocycles. The van der Waals surface area contributed by atoms with Crippen LogP contribution in [0.1, 0.15) is 34.9 Å². The monoisotopic (exact) mass is 435 g/mol. The lowest BCUT2D eigenvalue weighted by Crippen LogP contribution is -2.37. The van der Waals surface area contributed by atoms with E-state index < -0.39 is 23.9 Å². The van der Waals surface area contributed by atoms with Crippen LogP contribution in [0.15, 0.2) is 72.8 Å². The van der Waals surface area contributed by atoms with Crippen LogP contribution in [0.25, 0.3) is 11.1 Å². The van der Waals surface area contributed by atoms with Crippen molar-refractivity contribution in [2.24, 2.45) is 5.73 Å². The number of fused-ring (bicyclic) bond motifs is 3. The normalized spacial score (nSPS) is 14.4. The molecule has 0 amide bonds. The highest BCUT2D eigenvalue weighted by Gasteiger charge is 2.34. The largest absolute Gasteiger partial charge is 0.481 e. The lowest BCUT2D eigenvalue weighted by atomic mass is 9.90. The summed E-state index contributed by atoms with van der Waals surface area (Å²) in [5, 5.41) is 9.54. The van der Waals surface area contributed by atoms with E-state index in [0.29, 0.717) is 10.6 Å². The maximum Gasteiger partial charge on any atom is 0.315 e. The van der Waals surface area contributed by atoms with Crippen LogP contribution in [0.2, 0.25) is 5.02 Å². The van der Waals surface area contributed by atoms with Crippen LogP contribution in [-0.2, 0) is 14.3 Å². The first-order chi connectivity index (χ1) is 15.0. The Balaban J connectivity index is 1.60. The number of rotatable bonds is 7. The summed E-state index contributed by atoms with van der Waals surface area (Å²) < 4.78 is 5.74. The number of carbonyl (C=O) groups excluding carboxylic acids is 1. The molecule has 0 radical (unpaired) electrons. The standard InChI is InChI=1S/C25H22ClNO4/c26-21-12-6-5-11-19(21)24(22(27)13-23(28)29)25(30)31-14-20-17-9-3-1-7-15(17)16-8-2-4-10-18(16)20/h1-12,20,22,24H,13-14,27H2,(H,28,29)/t22-,24+/m0/s1. The maximum atomic E-state index is 13.1. The smallest absolute Gasteiger partial charge is 0.315 e. The lowest BCUT2D eigenvalue weighted by Gasteiger charge is -2.24. The van der Waals surface area contributed by atoms with Crippen LogP contribution in [0.3, 0.4) is 0 Å². The minimum atomic E-state index is -1.09. The molecule has 0 aromatic heterocycles. The average molecular weight is 436 g/mol. The van der Waals surface area contributed by atoms with Crippen LogP contribution >= 0.6 is 11.6 Å². The van der Waals surface area contributed by atoms with Crippen molar-refractivity contribution in [1.29, 1.82) is 0 Å². The van der Waals surface area contributed by atoms with E-state index in [9.17, 15) is 14.7 Å². The molecule has 4 rings (SSSR count). The number of aliphatic carboxylic acids is 1. The van der Waals surface area contributed by atoms with Gasteiger partial charge < -0.3 is 15.6 Å². The van der Waals surface area contributed by atoms with Crippen molar-refractivity contribution in [3.05, 3.63) is 94.5 Å². The first kappa shape index (κ1) is 21.1. The summed E-state index contributed by atoms with van der Waals surface area (Å²) in [6.45, 7) is 0.133. The van der Waals surface area contributed by atoms with Gasteiger partial charge in [-0.25, -0.2) is 0 Å². The van der Waals surface area contributed by atoms with Gasteiger partial charge in [0.2, 0.25) is 0 Å². The highest BCUT2D eigenvalue weighted by atomic mass is 35.5. The van der Waals surface area contributed by atoms with Crippen LogP contribution in [0, 0.1) is 0 Å². The molecule has 6 heteroatoms. The fraction of sp³-hybridized carbons (Fsp3) is 0.200. The van der Waals surface area contributed by atoms with Gasteiger partial charge in [-0.3, -0.25) is 9.59 Å². The Bertz CT molecular complexity index is 1080. The number of benzene rings is 3. The van der Waals surface area contributed by atoms with Gasteiger partial charge >= 0.3 is 11.9 Å². The van der Waals surface area contributed by atoms with Crippen molar-refractivity contribution in [3.8, 4) is 11.1 Å². The van der Waals surface area contributed by atoms with Gasteiger partial charge in [0.25, 0.3) is 0 Å². The summed E-state index contributed by atoms with van der Waals surface area (Å²) in [7, 11) is 0. The summed E-state index contributed by atoms with van der Waals surface area (Å²) >= 11 is 6.29. The zero-order valence-corrected chi connectivity index (χ0v) is 17.5. The number of esters is 1. The second-order valence-electron chi connectivity index (χ2n) is 7.62. The van der Waals surface area contributed by atoms with E-state index in [2.05, 4.69) is 12.1 Å². The molecule has 1 aliphatic carbocycles. The Morgan fingerprint density at radius 2 is 1.48 bits per heavy atom. The van der Waals surface area contributed by atoms with Gasteiger partial charge in [0.15, 0.2) is 0 Å². The Morgan fingerprint density at radius 3 is 2.06 bits per heavy atom. The van der Waals surface area contributed by atoms with Gasteiger partial charge in [-0.15, -0.1) is 0 Å². The molecule has 5 nitrogen and oxygen atoms in total. The van der Waals surface area contributed by atoms with Gasteiger partial charge in [-0.2, -0.15) is 0 Å². The van der Waals surface area contributed by atoms with E-state index in [4.69, 9.17) is 22.1 Å². The van der Waals surface area contributed by atoms with Crippen molar-refractivity contribution >= 4 is 23.5 Å². The molecule has 0 aliphatic heterocycles. The molecule has 3 aromatic rings. The number of nitrogens with two attached hydrogens (primary N) is 1. The Morgan fingerprint density at radius 1 is 0.935 bits per heavy atom. The summed E-state index contributed by atoms with van der Waals surface area (Å²) in [6.07, 6.45) is -0.375. The fourth-order valence-corrected chi connectivity index (χ4v) is 4.53. The molecule has 0 fully saturated rings. The van der Waals surface area contributed by atoms with E-state index in [1.807, 2.05) is 36.4 Å². The Labute approximate surface area is 185 Å². The number of hydrogen-bond acceptors (Lipinski definition) is 4. The van der Waals surface area contributed by atoms with E-state index in [-0.39, 0.29) is 18.9 Å². The first-order valence-corrected chi connectivity index (χ1v) is 10.4. The van der Waals surface area contributed by atoms with Crippen LogP contribution < -0.4 is 5.73 Å². The van der Waals surface area contributed by atoms with Gasteiger partial charge in [-0.1, -0.05) is 78.3 Å². The van der Waals surface area contributed by atoms with Crippen LogP contribution in [-0.4, -0.2) is 29.7 Å². The van der Waals surface area contributed by atoms with Gasteiger partial charge in [0, 0.05) is 17.0 Å². The zero-order chi connectivity index (χ0) is 22.0.